The molecule has 132 valence electrons. The molecule has 0 bridgehead atoms. The number of non-ortho nitro benzene ring substituents is 1. The summed E-state index contributed by atoms with van der Waals surface area (Å²) in [7, 11) is 1.55. The lowest BCUT2D eigenvalue weighted by Gasteiger charge is -2.22. The van der Waals surface area contributed by atoms with Gasteiger partial charge < -0.3 is 18.9 Å². The first-order valence-electron chi connectivity index (χ1n) is 7.85. The third kappa shape index (κ3) is 2.71. The first-order valence-corrected chi connectivity index (χ1v) is 7.85. The Balaban J connectivity index is 1.81. The Kier molecular flexibility index (Phi) is 3.92. The van der Waals surface area contributed by atoms with Gasteiger partial charge in [0.15, 0.2) is 11.5 Å². The molecule has 0 unspecified atom stereocenters. The summed E-state index contributed by atoms with van der Waals surface area (Å²) in [5.74, 6) is 2.52. The number of nitrogens with zero attached hydrogens (tertiary/aromatic N) is 2. The van der Waals surface area contributed by atoms with E-state index in [-0.39, 0.29) is 5.69 Å². The first-order chi connectivity index (χ1) is 12.7. The van der Waals surface area contributed by atoms with Crippen molar-refractivity contribution in [1.29, 1.82) is 0 Å². The fourth-order valence-corrected chi connectivity index (χ4v) is 2.77. The van der Waals surface area contributed by atoms with Gasteiger partial charge in [-0.05, 0) is 18.2 Å². The monoisotopic (exact) mass is 354 g/mol. The molecule has 0 radical (unpaired) electrons. The molecule has 0 saturated carbocycles. The van der Waals surface area contributed by atoms with Crippen molar-refractivity contribution < 1.29 is 23.9 Å². The van der Waals surface area contributed by atoms with Crippen LogP contribution in [-0.2, 0) is 0 Å². The van der Waals surface area contributed by atoms with Crippen molar-refractivity contribution in [1.82, 2.24) is 4.98 Å². The summed E-state index contributed by atoms with van der Waals surface area (Å²) in [5.41, 5.74) is 0.626. The SMILES string of the molecule is COc1cc2nccc(Oc3ccc([N+](=O)[O-])cc3)c2c2c1OCCO2. The lowest BCUT2D eigenvalue weighted by molar-refractivity contribution is -0.384. The number of aromatic nitrogens is 1. The van der Waals surface area contributed by atoms with E-state index >= 15 is 0 Å². The number of methoxy groups -OCH3 is 1. The van der Waals surface area contributed by atoms with Crippen molar-refractivity contribution in [2.45, 2.75) is 0 Å². The summed E-state index contributed by atoms with van der Waals surface area (Å²) in [6, 6.07) is 9.31. The molecule has 0 atom stereocenters. The van der Waals surface area contributed by atoms with Crippen molar-refractivity contribution in [3.63, 3.8) is 0 Å². The lowest BCUT2D eigenvalue weighted by Crippen LogP contribution is -2.16. The van der Waals surface area contributed by atoms with E-state index in [1.54, 1.807) is 25.4 Å². The molecule has 0 fully saturated rings. The first kappa shape index (κ1) is 15.9. The van der Waals surface area contributed by atoms with Gasteiger partial charge in [0.1, 0.15) is 24.7 Å². The van der Waals surface area contributed by atoms with Crippen LogP contribution in [0.4, 0.5) is 5.69 Å². The van der Waals surface area contributed by atoms with E-state index in [1.165, 1.54) is 24.3 Å². The van der Waals surface area contributed by atoms with Crippen LogP contribution >= 0.6 is 0 Å². The number of nitro groups is 1. The standard InChI is InChI=1S/C18H14N2O6/c1-23-15-10-13-16(18-17(15)24-8-9-25-18)14(6-7-19-13)26-12-4-2-11(3-5-12)20(21)22/h2-7,10H,8-9H2,1H3. The minimum absolute atomic E-state index is 0.00390. The number of hydrogen-bond acceptors (Lipinski definition) is 7. The van der Waals surface area contributed by atoms with Gasteiger partial charge in [-0.2, -0.15) is 0 Å². The minimum Gasteiger partial charge on any atom is -0.493 e. The van der Waals surface area contributed by atoms with E-state index in [9.17, 15) is 10.1 Å². The molecule has 0 amide bonds. The average molecular weight is 354 g/mol. The van der Waals surface area contributed by atoms with Gasteiger partial charge in [-0.25, -0.2) is 0 Å². The van der Waals surface area contributed by atoms with Crippen molar-refractivity contribution in [2.24, 2.45) is 0 Å². The van der Waals surface area contributed by atoms with Gasteiger partial charge in [0, 0.05) is 24.4 Å². The maximum atomic E-state index is 10.8. The molecule has 0 spiro atoms. The Bertz CT molecular complexity index is 987. The fourth-order valence-electron chi connectivity index (χ4n) is 2.77. The van der Waals surface area contributed by atoms with E-state index in [2.05, 4.69) is 4.98 Å². The molecule has 1 aliphatic heterocycles. The second-order valence-corrected chi connectivity index (χ2v) is 5.49. The van der Waals surface area contributed by atoms with E-state index < -0.39 is 4.92 Å². The van der Waals surface area contributed by atoms with E-state index in [0.717, 1.165) is 0 Å². The largest absolute Gasteiger partial charge is 0.493 e. The highest BCUT2D eigenvalue weighted by molar-refractivity contribution is 5.95. The molecule has 8 heteroatoms. The van der Waals surface area contributed by atoms with Crippen LogP contribution in [0.1, 0.15) is 0 Å². The smallest absolute Gasteiger partial charge is 0.269 e. The Morgan fingerprint density at radius 3 is 2.50 bits per heavy atom. The summed E-state index contributed by atoms with van der Waals surface area (Å²) in [5, 5.41) is 11.4. The summed E-state index contributed by atoms with van der Waals surface area (Å²) in [4.78, 5) is 14.7. The normalized spacial score (nSPS) is 12.7. The molecule has 2 heterocycles. The maximum Gasteiger partial charge on any atom is 0.269 e. The third-order valence-electron chi connectivity index (χ3n) is 3.94. The molecule has 2 aromatic carbocycles. The van der Waals surface area contributed by atoms with Crippen LogP contribution in [0, 0.1) is 10.1 Å². The molecule has 0 aliphatic carbocycles. The molecular formula is C18H14N2O6. The molecule has 26 heavy (non-hydrogen) atoms. The summed E-state index contributed by atoms with van der Waals surface area (Å²) in [6.45, 7) is 0.828. The van der Waals surface area contributed by atoms with Crippen LogP contribution in [0.3, 0.4) is 0 Å². The van der Waals surface area contributed by atoms with Crippen LogP contribution < -0.4 is 18.9 Å². The maximum absolute atomic E-state index is 10.8. The zero-order valence-electron chi connectivity index (χ0n) is 13.8. The van der Waals surface area contributed by atoms with Crippen LogP contribution in [0.25, 0.3) is 10.9 Å². The van der Waals surface area contributed by atoms with Crippen molar-refractivity contribution in [2.75, 3.05) is 20.3 Å². The Hall–Kier alpha value is -3.55. The van der Waals surface area contributed by atoms with E-state index in [4.69, 9.17) is 18.9 Å². The number of ether oxygens (including phenoxy) is 4. The topological polar surface area (TPSA) is 93.0 Å². The summed E-state index contributed by atoms with van der Waals surface area (Å²) >= 11 is 0. The van der Waals surface area contributed by atoms with E-state index in [0.29, 0.717) is 52.9 Å². The van der Waals surface area contributed by atoms with Crippen LogP contribution in [0.15, 0.2) is 42.6 Å². The van der Waals surface area contributed by atoms with Gasteiger partial charge in [-0.1, -0.05) is 0 Å². The second-order valence-electron chi connectivity index (χ2n) is 5.49. The molecular weight excluding hydrogens is 340 g/mol. The number of benzene rings is 2. The van der Waals surface area contributed by atoms with E-state index in [1.807, 2.05) is 0 Å². The van der Waals surface area contributed by atoms with Gasteiger partial charge in [0.25, 0.3) is 5.69 Å². The van der Waals surface area contributed by atoms with Gasteiger partial charge in [0.05, 0.1) is 22.9 Å². The highest BCUT2D eigenvalue weighted by Gasteiger charge is 2.24. The Morgan fingerprint density at radius 2 is 1.81 bits per heavy atom. The fraction of sp³-hybridized carbons (Fsp3) is 0.167. The van der Waals surface area contributed by atoms with Gasteiger partial charge in [-0.15, -0.1) is 0 Å². The van der Waals surface area contributed by atoms with Crippen LogP contribution in [0.2, 0.25) is 0 Å². The molecule has 3 aromatic rings. The number of fused-ring (bicyclic) bond motifs is 3. The molecule has 0 N–H and O–H groups in total. The van der Waals surface area contributed by atoms with Crippen molar-refractivity contribution in [3.8, 4) is 28.7 Å². The highest BCUT2D eigenvalue weighted by atomic mass is 16.6. The highest BCUT2D eigenvalue weighted by Crippen LogP contribution is 2.48. The summed E-state index contributed by atoms with van der Waals surface area (Å²) < 4.78 is 22.8. The predicted molar refractivity (Wildman–Crippen MR) is 92.5 cm³/mol. The van der Waals surface area contributed by atoms with Gasteiger partial charge in [0.2, 0.25) is 5.75 Å². The lowest BCUT2D eigenvalue weighted by atomic mass is 10.1. The molecule has 4 rings (SSSR count). The zero-order chi connectivity index (χ0) is 18.1. The number of nitro benzene ring substituents is 1. The average Bonchev–Trinajstić information content (AvgIpc) is 2.67. The van der Waals surface area contributed by atoms with Crippen molar-refractivity contribution >= 4 is 16.6 Å². The number of rotatable bonds is 4. The minimum atomic E-state index is -0.459. The molecule has 1 aliphatic rings. The number of pyridine rings is 1. The third-order valence-corrected chi connectivity index (χ3v) is 3.94. The molecule has 8 nitrogen and oxygen atoms in total. The van der Waals surface area contributed by atoms with Crippen LogP contribution in [0.5, 0.6) is 28.7 Å². The van der Waals surface area contributed by atoms with Gasteiger partial charge in [-0.3, -0.25) is 15.1 Å². The Labute approximate surface area is 148 Å². The molecule has 1 aromatic heterocycles. The quantitative estimate of drug-likeness (QED) is 0.521. The Morgan fingerprint density at radius 1 is 1.08 bits per heavy atom. The summed E-state index contributed by atoms with van der Waals surface area (Å²) in [6.07, 6.45) is 1.61. The second kappa shape index (κ2) is 6.40. The van der Waals surface area contributed by atoms with Gasteiger partial charge >= 0.3 is 0 Å². The molecule has 0 saturated heterocycles. The predicted octanol–water partition coefficient (Wildman–Crippen LogP) is 3.72. The van der Waals surface area contributed by atoms with Crippen LogP contribution in [-0.4, -0.2) is 30.2 Å². The van der Waals surface area contributed by atoms with Crippen molar-refractivity contribution in [3.05, 3.63) is 52.7 Å². The zero-order valence-corrected chi connectivity index (χ0v) is 13.8. The number of hydrogen-bond donors (Lipinski definition) is 0.